The van der Waals surface area contributed by atoms with Crippen molar-refractivity contribution >= 4 is 33.2 Å². The van der Waals surface area contributed by atoms with Crippen LogP contribution in [-0.2, 0) is 11.2 Å². The molecule has 2 amide bonds. The van der Waals surface area contributed by atoms with Crippen LogP contribution in [-0.4, -0.2) is 59.9 Å². The molecule has 1 aromatic carbocycles. The zero-order valence-electron chi connectivity index (χ0n) is 18.2. The van der Waals surface area contributed by atoms with Crippen LogP contribution in [0, 0.1) is 0 Å². The van der Waals surface area contributed by atoms with Crippen molar-refractivity contribution in [1.82, 2.24) is 15.1 Å². The lowest BCUT2D eigenvalue weighted by atomic mass is 9.97. The highest BCUT2D eigenvalue weighted by atomic mass is 32.1. The summed E-state index contributed by atoms with van der Waals surface area (Å²) in [4.78, 5) is 30.9. The predicted octanol–water partition coefficient (Wildman–Crippen LogP) is 4.06. The summed E-state index contributed by atoms with van der Waals surface area (Å²) in [6, 6.07) is 8.76. The van der Waals surface area contributed by atoms with Crippen LogP contribution in [0.1, 0.15) is 61.2 Å². The van der Waals surface area contributed by atoms with E-state index in [-0.39, 0.29) is 17.9 Å². The van der Waals surface area contributed by atoms with Crippen LogP contribution in [0.25, 0.3) is 10.1 Å². The van der Waals surface area contributed by atoms with E-state index in [2.05, 4.69) is 28.4 Å². The minimum Gasteiger partial charge on any atom is -0.349 e. The molecule has 5 nitrogen and oxygen atoms in total. The molecule has 3 heterocycles. The molecule has 2 fully saturated rings. The van der Waals surface area contributed by atoms with Crippen LogP contribution in [0.3, 0.4) is 0 Å². The molecule has 0 spiro atoms. The van der Waals surface area contributed by atoms with E-state index in [0.29, 0.717) is 12.6 Å². The molecular formula is C24H33N3O2S. The van der Waals surface area contributed by atoms with E-state index in [1.165, 1.54) is 22.9 Å². The molecule has 0 bridgehead atoms. The number of thiophene rings is 1. The fraction of sp³-hybridized carbons (Fsp3) is 0.583. The van der Waals surface area contributed by atoms with Crippen LogP contribution in [0.15, 0.2) is 24.3 Å². The number of rotatable bonds is 6. The van der Waals surface area contributed by atoms with Gasteiger partial charge in [0, 0.05) is 29.9 Å². The van der Waals surface area contributed by atoms with E-state index < -0.39 is 0 Å². The lowest BCUT2D eigenvalue weighted by Crippen LogP contribution is -2.49. The largest absolute Gasteiger partial charge is 0.349 e. The van der Waals surface area contributed by atoms with Crippen LogP contribution < -0.4 is 5.32 Å². The summed E-state index contributed by atoms with van der Waals surface area (Å²) in [5.74, 6) is 0.291. The van der Waals surface area contributed by atoms with Crippen molar-refractivity contribution in [2.24, 2.45) is 0 Å². The monoisotopic (exact) mass is 427 g/mol. The summed E-state index contributed by atoms with van der Waals surface area (Å²) in [7, 11) is 0. The van der Waals surface area contributed by atoms with E-state index in [4.69, 9.17) is 0 Å². The molecule has 1 N–H and O–H groups in total. The van der Waals surface area contributed by atoms with E-state index in [1.54, 1.807) is 11.3 Å². The average molecular weight is 428 g/mol. The smallest absolute Gasteiger partial charge is 0.261 e. The molecule has 2 aliphatic heterocycles. The van der Waals surface area contributed by atoms with Crippen molar-refractivity contribution in [1.29, 1.82) is 0 Å². The molecule has 2 saturated heterocycles. The van der Waals surface area contributed by atoms with E-state index >= 15 is 0 Å². The van der Waals surface area contributed by atoms with Gasteiger partial charge in [0.25, 0.3) is 5.91 Å². The molecule has 0 unspecified atom stereocenters. The van der Waals surface area contributed by atoms with E-state index in [9.17, 15) is 9.59 Å². The number of likely N-dealkylation sites (tertiary alicyclic amines) is 2. The standard InChI is InChI=1S/C24H33N3O2S/c1-17(2)25-24(29)23-20(19-10-5-6-11-21(19)30-23)15-18-9-4-3-7-12-27(18)16-22(28)26-13-8-14-26/h5-6,10-11,17-18H,3-4,7-9,12-16H2,1-2H3,(H,25,29)/t18-/m0/s1. The van der Waals surface area contributed by atoms with Crippen molar-refractivity contribution in [2.45, 2.75) is 64.5 Å². The lowest BCUT2D eigenvalue weighted by molar-refractivity contribution is -0.136. The normalized spacial score (nSPS) is 20.2. The first-order valence-electron chi connectivity index (χ1n) is 11.4. The third-order valence-corrected chi connectivity index (χ3v) is 7.52. The highest BCUT2D eigenvalue weighted by molar-refractivity contribution is 7.21. The van der Waals surface area contributed by atoms with Gasteiger partial charge in [0.2, 0.25) is 5.91 Å². The third kappa shape index (κ3) is 4.70. The molecule has 1 aromatic heterocycles. The Balaban J connectivity index is 1.61. The Hall–Kier alpha value is -1.92. The highest BCUT2D eigenvalue weighted by Crippen LogP contribution is 2.34. The fourth-order valence-corrected chi connectivity index (χ4v) is 5.70. The molecule has 0 saturated carbocycles. The Morgan fingerprint density at radius 2 is 1.90 bits per heavy atom. The van der Waals surface area contributed by atoms with Gasteiger partial charge in [-0.15, -0.1) is 11.3 Å². The first-order valence-corrected chi connectivity index (χ1v) is 12.2. The summed E-state index contributed by atoms with van der Waals surface area (Å²) in [6.45, 7) is 7.30. The second-order valence-electron chi connectivity index (χ2n) is 8.95. The number of benzene rings is 1. The Morgan fingerprint density at radius 1 is 1.10 bits per heavy atom. The maximum absolute atomic E-state index is 13.0. The van der Waals surface area contributed by atoms with Gasteiger partial charge in [0.1, 0.15) is 0 Å². The molecule has 0 radical (unpaired) electrons. The first kappa shape index (κ1) is 21.3. The van der Waals surface area contributed by atoms with Crippen LogP contribution in [0.5, 0.6) is 0 Å². The number of carbonyl (C=O) groups is 2. The zero-order valence-corrected chi connectivity index (χ0v) is 19.0. The van der Waals surface area contributed by atoms with Gasteiger partial charge in [-0.3, -0.25) is 14.5 Å². The first-order chi connectivity index (χ1) is 14.5. The van der Waals surface area contributed by atoms with Crippen molar-refractivity contribution in [3.8, 4) is 0 Å². The number of fused-ring (bicyclic) bond motifs is 1. The van der Waals surface area contributed by atoms with Crippen molar-refractivity contribution in [3.63, 3.8) is 0 Å². The minimum atomic E-state index is 0.0260. The molecule has 162 valence electrons. The number of hydrogen-bond donors (Lipinski definition) is 1. The molecule has 30 heavy (non-hydrogen) atoms. The van der Waals surface area contributed by atoms with Gasteiger partial charge in [-0.25, -0.2) is 0 Å². The molecule has 6 heteroatoms. The summed E-state index contributed by atoms with van der Waals surface area (Å²) in [6.07, 6.45) is 6.60. The lowest BCUT2D eigenvalue weighted by Gasteiger charge is -2.35. The van der Waals surface area contributed by atoms with E-state index in [1.807, 2.05) is 24.8 Å². The second kappa shape index (κ2) is 9.48. The van der Waals surface area contributed by atoms with Gasteiger partial charge in [-0.05, 0) is 63.1 Å². The van der Waals surface area contributed by atoms with Gasteiger partial charge in [-0.2, -0.15) is 0 Å². The maximum Gasteiger partial charge on any atom is 0.261 e. The van der Waals surface area contributed by atoms with Gasteiger partial charge >= 0.3 is 0 Å². The van der Waals surface area contributed by atoms with Crippen LogP contribution in [0.4, 0.5) is 0 Å². The molecule has 0 aliphatic carbocycles. The Bertz CT molecular complexity index is 903. The topological polar surface area (TPSA) is 52.7 Å². The molecule has 4 rings (SSSR count). The summed E-state index contributed by atoms with van der Waals surface area (Å²) >= 11 is 1.59. The van der Waals surface area contributed by atoms with Crippen LogP contribution in [0.2, 0.25) is 0 Å². The number of nitrogens with zero attached hydrogens (tertiary/aromatic N) is 2. The van der Waals surface area contributed by atoms with Gasteiger partial charge in [0.15, 0.2) is 0 Å². The van der Waals surface area contributed by atoms with Gasteiger partial charge in [-0.1, -0.05) is 31.0 Å². The van der Waals surface area contributed by atoms with Gasteiger partial charge < -0.3 is 10.2 Å². The van der Waals surface area contributed by atoms with Gasteiger partial charge in [0.05, 0.1) is 11.4 Å². The number of hydrogen-bond acceptors (Lipinski definition) is 4. The third-order valence-electron chi connectivity index (χ3n) is 6.31. The van der Waals surface area contributed by atoms with Crippen molar-refractivity contribution in [2.75, 3.05) is 26.2 Å². The molecular weight excluding hydrogens is 394 g/mol. The summed E-state index contributed by atoms with van der Waals surface area (Å²) in [5, 5.41) is 4.27. The predicted molar refractivity (Wildman–Crippen MR) is 123 cm³/mol. The molecule has 1 atom stereocenters. The number of amides is 2. The summed E-state index contributed by atoms with van der Waals surface area (Å²) in [5.41, 5.74) is 1.15. The quantitative estimate of drug-likeness (QED) is 0.756. The highest BCUT2D eigenvalue weighted by Gasteiger charge is 2.29. The Labute approximate surface area is 183 Å². The maximum atomic E-state index is 13.0. The van der Waals surface area contributed by atoms with Crippen molar-refractivity contribution in [3.05, 3.63) is 34.7 Å². The SMILES string of the molecule is CC(C)NC(=O)c1sc2ccccc2c1C[C@@H]1CCCCCN1CC(=O)N1CCC1. The minimum absolute atomic E-state index is 0.0260. The second-order valence-corrected chi connectivity index (χ2v) is 10.00. The van der Waals surface area contributed by atoms with E-state index in [0.717, 1.165) is 55.8 Å². The Kier molecular flexibility index (Phi) is 6.74. The molecule has 2 aromatic rings. The summed E-state index contributed by atoms with van der Waals surface area (Å²) < 4.78 is 1.17. The van der Waals surface area contributed by atoms with Crippen LogP contribution >= 0.6 is 11.3 Å². The zero-order chi connectivity index (χ0) is 21.1. The average Bonchev–Trinajstić information content (AvgIpc) is 2.88. The number of nitrogens with one attached hydrogen (secondary N) is 1. The number of carbonyl (C=O) groups excluding carboxylic acids is 2. The fourth-order valence-electron chi connectivity index (χ4n) is 4.56. The van der Waals surface area contributed by atoms with Crippen molar-refractivity contribution < 1.29 is 9.59 Å². The molecule has 2 aliphatic rings. The Morgan fingerprint density at radius 3 is 2.63 bits per heavy atom.